The molecule has 0 radical (unpaired) electrons. The van der Waals surface area contributed by atoms with E-state index >= 15 is 0 Å². The van der Waals surface area contributed by atoms with Gasteiger partial charge < -0.3 is 14.6 Å². The average molecular weight is 236 g/mol. The summed E-state index contributed by atoms with van der Waals surface area (Å²) in [6.45, 7) is 2.75. The Kier molecular flexibility index (Phi) is 3.45. The molecule has 5 nitrogen and oxygen atoms in total. The Balaban J connectivity index is 1.97. The smallest absolute Gasteiger partial charge is 0.322 e. The summed E-state index contributed by atoms with van der Waals surface area (Å²) in [6.07, 6.45) is 0. The van der Waals surface area contributed by atoms with Crippen molar-refractivity contribution >= 4 is 17.6 Å². The molecular weight excluding hydrogens is 222 g/mol. The minimum Gasteiger partial charge on any atom is -0.480 e. The van der Waals surface area contributed by atoms with Crippen LogP contribution >= 0.6 is 11.6 Å². The maximum absolute atomic E-state index is 10.7. The molecule has 0 amide bonds. The van der Waals surface area contributed by atoms with Gasteiger partial charge in [0, 0.05) is 6.54 Å². The molecule has 0 aromatic rings. The number of alkyl halides is 1. The SMILES string of the molecule is O=C(O)C(Cl)CN1C2COCC1COC2. The lowest BCUT2D eigenvalue weighted by atomic mass is 10.1. The Morgan fingerprint density at radius 3 is 2.20 bits per heavy atom. The van der Waals surface area contributed by atoms with Crippen LogP contribution in [0.4, 0.5) is 0 Å². The molecule has 2 aliphatic rings. The van der Waals surface area contributed by atoms with Crippen LogP contribution in [-0.2, 0) is 14.3 Å². The normalized spacial score (nSPS) is 33.7. The number of carboxylic acid groups (broad SMARTS) is 1. The fourth-order valence-electron chi connectivity index (χ4n) is 2.02. The number of hydrogen-bond acceptors (Lipinski definition) is 4. The number of hydrogen-bond donors (Lipinski definition) is 1. The van der Waals surface area contributed by atoms with Crippen LogP contribution in [0.15, 0.2) is 0 Å². The largest absolute Gasteiger partial charge is 0.480 e. The van der Waals surface area contributed by atoms with Crippen LogP contribution in [0.5, 0.6) is 0 Å². The number of fused-ring (bicyclic) bond motifs is 2. The van der Waals surface area contributed by atoms with Gasteiger partial charge >= 0.3 is 5.97 Å². The number of aliphatic carboxylic acids is 1. The first kappa shape index (κ1) is 11.1. The molecule has 0 aliphatic carbocycles. The predicted octanol–water partition coefficient (Wildman–Crippen LogP) is -0.222. The molecule has 0 aromatic heterocycles. The zero-order chi connectivity index (χ0) is 10.8. The number of nitrogens with zero attached hydrogens (tertiary/aromatic N) is 1. The van der Waals surface area contributed by atoms with Crippen LogP contribution in [0.2, 0.25) is 0 Å². The van der Waals surface area contributed by atoms with E-state index in [1.165, 1.54) is 0 Å². The van der Waals surface area contributed by atoms with Crippen molar-refractivity contribution < 1.29 is 19.4 Å². The lowest BCUT2D eigenvalue weighted by molar-refractivity contribution is -0.147. The van der Waals surface area contributed by atoms with E-state index < -0.39 is 11.3 Å². The second-order valence-corrected chi connectivity index (χ2v) is 4.41. The van der Waals surface area contributed by atoms with Crippen LogP contribution in [0.1, 0.15) is 0 Å². The summed E-state index contributed by atoms with van der Waals surface area (Å²) in [5.74, 6) is -0.970. The summed E-state index contributed by atoms with van der Waals surface area (Å²) >= 11 is 5.74. The van der Waals surface area contributed by atoms with Gasteiger partial charge in [-0.2, -0.15) is 0 Å². The molecule has 2 fully saturated rings. The molecule has 2 heterocycles. The summed E-state index contributed by atoms with van der Waals surface area (Å²) in [6, 6.07) is 0.302. The van der Waals surface area contributed by atoms with Gasteiger partial charge in [0.15, 0.2) is 0 Å². The first-order valence-corrected chi connectivity index (χ1v) is 5.40. The van der Waals surface area contributed by atoms with E-state index in [2.05, 4.69) is 4.90 Å². The molecular formula is C9H14ClNO4. The summed E-state index contributed by atoms with van der Waals surface area (Å²) in [5, 5.41) is 7.90. The van der Waals surface area contributed by atoms with E-state index in [1.54, 1.807) is 0 Å². The molecule has 86 valence electrons. The molecule has 1 N–H and O–H groups in total. The number of morpholine rings is 2. The van der Waals surface area contributed by atoms with Gasteiger partial charge in [-0.3, -0.25) is 9.69 Å². The Bertz CT molecular complexity index is 228. The van der Waals surface area contributed by atoms with Gasteiger partial charge in [0.2, 0.25) is 0 Å². The first-order valence-electron chi connectivity index (χ1n) is 4.96. The summed E-state index contributed by atoms with van der Waals surface area (Å²) in [7, 11) is 0. The molecule has 15 heavy (non-hydrogen) atoms. The lowest BCUT2D eigenvalue weighted by Gasteiger charge is -2.45. The third-order valence-electron chi connectivity index (χ3n) is 2.82. The van der Waals surface area contributed by atoms with Crippen molar-refractivity contribution in [3.8, 4) is 0 Å². The van der Waals surface area contributed by atoms with E-state index in [1.807, 2.05) is 0 Å². The first-order chi connectivity index (χ1) is 7.18. The Morgan fingerprint density at radius 1 is 1.33 bits per heavy atom. The molecule has 6 heteroatoms. The maximum Gasteiger partial charge on any atom is 0.322 e. The van der Waals surface area contributed by atoms with E-state index in [0.29, 0.717) is 33.0 Å². The highest BCUT2D eigenvalue weighted by Crippen LogP contribution is 2.20. The highest BCUT2D eigenvalue weighted by Gasteiger charge is 2.37. The van der Waals surface area contributed by atoms with E-state index in [-0.39, 0.29) is 12.1 Å². The summed E-state index contributed by atoms with van der Waals surface area (Å²) in [4.78, 5) is 12.8. The minimum atomic E-state index is -0.970. The van der Waals surface area contributed by atoms with Crippen LogP contribution in [0.25, 0.3) is 0 Å². The van der Waals surface area contributed by atoms with E-state index in [0.717, 1.165) is 0 Å². The number of halogens is 1. The van der Waals surface area contributed by atoms with Crippen molar-refractivity contribution in [2.24, 2.45) is 0 Å². The van der Waals surface area contributed by atoms with Crippen LogP contribution in [-0.4, -0.2) is 66.4 Å². The highest BCUT2D eigenvalue weighted by atomic mass is 35.5. The van der Waals surface area contributed by atoms with Gasteiger partial charge in [0.25, 0.3) is 0 Å². The predicted molar refractivity (Wildman–Crippen MR) is 53.2 cm³/mol. The maximum atomic E-state index is 10.7. The molecule has 2 aliphatic heterocycles. The van der Waals surface area contributed by atoms with Gasteiger partial charge in [-0.05, 0) is 0 Å². The van der Waals surface area contributed by atoms with Crippen molar-refractivity contribution in [2.45, 2.75) is 17.5 Å². The van der Waals surface area contributed by atoms with Gasteiger partial charge in [-0.25, -0.2) is 0 Å². The average Bonchev–Trinajstić information content (AvgIpc) is 2.16. The number of rotatable bonds is 3. The second-order valence-electron chi connectivity index (χ2n) is 3.89. The zero-order valence-electron chi connectivity index (χ0n) is 8.26. The molecule has 0 saturated carbocycles. The number of carbonyl (C=O) groups is 1. The summed E-state index contributed by atoms with van der Waals surface area (Å²) in [5.41, 5.74) is 0. The van der Waals surface area contributed by atoms with Crippen molar-refractivity contribution in [3.05, 3.63) is 0 Å². The highest BCUT2D eigenvalue weighted by molar-refractivity contribution is 6.29. The number of ether oxygens (including phenoxy) is 2. The van der Waals surface area contributed by atoms with Crippen molar-refractivity contribution in [1.82, 2.24) is 4.90 Å². The Morgan fingerprint density at radius 2 is 1.80 bits per heavy atom. The van der Waals surface area contributed by atoms with Crippen LogP contribution in [0.3, 0.4) is 0 Å². The fourth-order valence-corrected chi connectivity index (χ4v) is 2.18. The van der Waals surface area contributed by atoms with Crippen molar-refractivity contribution in [2.75, 3.05) is 33.0 Å². The van der Waals surface area contributed by atoms with Gasteiger partial charge in [0.05, 0.1) is 38.5 Å². The number of carboxylic acids is 1. The Labute approximate surface area is 92.9 Å². The molecule has 2 rings (SSSR count). The topological polar surface area (TPSA) is 59.0 Å². The third kappa shape index (κ3) is 2.42. The third-order valence-corrected chi connectivity index (χ3v) is 3.14. The molecule has 2 saturated heterocycles. The van der Waals surface area contributed by atoms with Crippen LogP contribution in [0, 0.1) is 0 Å². The summed E-state index contributed by atoms with van der Waals surface area (Å²) < 4.78 is 10.8. The quantitative estimate of drug-likeness (QED) is 0.686. The van der Waals surface area contributed by atoms with Gasteiger partial charge in [-0.15, -0.1) is 11.6 Å². The molecule has 1 unspecified atom stereocenters. The molecule has 0 aromatic carbocycles. The van der Waals surface area contributed by atoms with Gasteiger partial charge in [0.1, 0.15) is 5.38 Å². The second kappa shape index (κ2) is 4.65. The Hall–Kier alpha value is -0.360. The zero-order valence-corrected chi connectivity index (χ0v) is 9.02. The van der Waals surface area contributed by atoms with Crippen molar-refractivity contribution in [1.29, 1.82) is 0 Å². The standard InChI is InChI=1S/C9H14ClNO4/c10-8(9(12)13)1-11-6-2-14-4-7(11)5-15-3-6/h6-8H,1-5H2,(H,12,13). The van der Waals surface area contributed by atoms with Crippen molar-refractivity contribution in [3.63, 3.8) is 0 Å². The van der Waals surface area contributed by atoms with Crippen LogP contribution < -0.4 is 0 Å². The fraction of sp³-hybridized carbons (Fsp3) is 0.889. The minimum absolute atomic E-state index is 0.151. The van der Waals surface area contributed by atoms with Gasteiger partial charge in [-0.1, -0.05) is 0 Å². The lowest BCUT2D eigenvalue weighted by Crippen LogP contribution is -2.61. The van der Waals surface area contributed by atoms with E-state index in [4.69, 9.17) is 26.2 Å². The molecule has 1 atom stereocenters. The van der Waals surface area contributed by atoms with E-state index in [9.17, 15) is 4.79 Å². The molecule has 2 bridgehead atoms. The molecule has 0 spiro atoms. The monoisotopic (exact) mass is 235 g/mol.